The Morgan fingerprint density at radius 1 is 1.00 bits per heavy atom. The first kappa shape index (κ1) is 20.3. The van der Waals surface area contributed by atoms with E-state index >= 15 is 0 Å². The first-order chi connectivity index (χ1) is 15.0. The molecular weight excluding hydrogens is 431 g/mol. The lowest BCUT2D eigenvalue weighted by molar-refractivity contribution is 0.338. The molecule has 3 aromatic carbocycles. The van der Waals surface area contributed by atoms with Crippen LogP contribution in [0.5, 0.6) is 0 Å². The minimum Gasteiger partial charge on any atom is -0.357 e. The molecule has 158 valence electrons. The Bertz CT molecular complexity index is 1360. The van der Waals surface area contributed by atoms with Crippen LogP contribution < -0.4 is 0 Å². The first-order valence-corrected chi connectivity index (χ1v) is 12.7. The van der Waals surface area contributed by atoms with Crippen molar-refractivity contribution in [2.45, 2.75) is 22.3 Å². The fraction of sp³-hybridized carbons (Fsp3) is 0.167. The molecule has 0 bridgehead atoms. The van der Waals surface area contributed by atoms with Crippen LogP contribution in [-0.2, 0) is 16.4 Å². The van der Waals surface area contributed by atoms with Crippen molar-refractivity contribution >= 4 is 32.7 Å². The molecule has 1 aromatic heterocycles. The van der Waals surface area contributed by atoms with Gasteiger partial charge >= 0.3 is 0 Å². The molecule has 7 heteroatoms. The molecule has 0 saturated carbocycles. The van der Waals surface area contributed by atoms with Crippen LogP contribution in [0.3, 0.4) is 0 Å². The van der Waals surface area contributed by atoms with Gasteiger partial charge in [-0.15, -0.1) is 11.8 Å². The van der Waals surface area contributed by atoms with Crippen LogP contribution in [0.2, 0.25) is 0 Å². The number of para-hydroxylation sites is 1. The molecule has 0 spiro atoms. The molecule has 4 nitrogen and oxygen atoms in total. The molecule has 0 fully saturated rings. The highest BCUT2D eigenvalue weighted by Gasteiger charge is 2.40. The Morgan fingerprint density at radius 2 is 1.71 bits per heavy atom. The molecule has 0 amide bonds. The van der Waals surface area contributed by atoms with Gasteiger partial charge < -0.3 is 4.98 Å². The van der Waals surface area contributed by atoms with Crippen molar-refractivity contribution in [2.75, 3.05) is 12.8 Å². The molecule has 4 aromatic rings. The molecule has 1 unspecified atom stereocenters. The fourth-order valence-electron chi connectivity index (χ4n) is 4.38. The minimum atomic E-state index is -4.05. The zero-order valence-electron chi connectivity index (χ0n) is 16.9. The average Bonchev–Trinajstić information content (AvgIpc) is 3.17. The third-order valence-electron chi connectivity index (χ3n) is 5.85. The van der Waals surface area contributed by atoms with Crippen LogP contribution in [0.25, 0.3) is 10.9 Å². The molecule has 1 N–H and O–H groups in total. The van der Waals surface area contributed by atoms with Gasteiger partial charge in [-0.3, -0.25) is 0 Å². The predicted molar refractivity (Wildman–Crippen MR) is 122 cm³/mol. The van der Waals surface area contributed by atoms with Gasteiger partial charge in [-0.25, -0.2) is 12.8 Å². The van der Waals surface area contributed by atoms with Crippen molar-refractivity contribution in [3.8, 4) is 0 Å². The molecular formula is C24H21FN2O2S2. The summed E-state index contributed by atoms with van der Waals surface area (Å²) in [5, 5.41) is 1.10. The van der Waals surface area contributed by atoms with Gasteiger partial charge in [0.2, 0.25) is 10.0 Å². The predicted octanol–water partition coefficient (Wildman–Crippen LogP) is 5.37. The Morgan fingerprint density at radius 3 is 2.45 bits per heavy atom. The number of nitrogens with zero attached hydrogens (tertiary/aromatic N) is 1. The summed E-state index contributed by atoms with van der Waals surface area (Å²) < 4.78 is 43.2. The molecule has 31 heavy (non-hydrogen) atoms. The number of hydrogen-bond acceptors (Lipinski definition) is 3. The van der Waals surface area contributed by atoms with E-state index in [1.165, 1.54) is 22.5 Å². The quantitative estimate of drug-likeness (QED) is 0.424. The lowest BCUT2D eigenvalue weighted by atomic mass is 9.94. The van der Waals surface area contributed by atoms with Crippen LogP contribution in [0, 0.1) is 5.82 Å². The second kappa shape index (κ2) is 7.82. The number of aromatic amines is 1. The minimum absolute atomic E-state index is 0.278. The molecule has 1 aliphatic heterocycles. The van der Waals surface area contributed by atoms with E-state index in [1.807, 2.05) is 48.7 Å². The number of halogens is 1. The number of nitrogens with one attached hydrogen (secondary N) is 1. The maximum atomic E-state index is 14.5. The largest absolute Gasteiger partial charge is 0.357 e. The van der Waals surface area contributed by atoms with E-state index in [0.717, 1.165) is 32.6 Å². The SMILES string of the molecule is CSc1ccc(C2c3[nH]c4ccccc4c3CCN2S(=O)(=O)c2ccccc2F)cc1. The van der Waals surface area contributed by atoms with Crippen molar-refractivity contribution in [3.05, 3.63) is 95.4 Å². The van der Waals surface area contributed by atoms with Gasteiger partial charge in [0.1, 0.15) is 10.7 Å². The summed E-state index contributed by atoms with van der Waals surface area (Å²) in [6.07, 6.45) is 2.56. The zero-order chi connectivity index (χ0) is 21.6. The third-order valence-corrected chi connectivity index (χ3v) is 8.49. The number of benzene rings is 3. The highest BCUT2D eigenvalue weighted by atomic mass is 32.2. The molecule has 1 aliphatic rings. The van der Waals surface area contributed by atoms with Gasteiger partial charge in [0.15, 0.2) is 0 Å². The van der Waals surface area contributed by atoms with Gasteiger partial charge in [-0.05, 0) is 54.1 Å². The molecule has 0 saturated heterocycles. The second-order valence-electron chi connectivity index (χ2n) is 7.53. The van der Waals surface area contributed by atoms with Crippen molar-refractivity contribution in [1.29, 1.82) is 0 Å². The summed E-state index contributed by atoms with van der Waals surface area (Å²) in [7, 11) is -4.05. The fourth-order valence-corrected chi connectivity index (χ4v) is 6.44. The molecule has 1 atom stereocenters. The summed E-state index contributed by atoms with van der Waals surface area (Å²) in [5.41, 5.74) is 3.80. The number of thioether (sulfide) groups is 1. The van der Waals surface area contributed by atoms with E-state index in [4.69, 9.17) is 0 Å². The standard InChI is InChI=1S/C24H21FN2O2S2/c1-30-17-12-10-16(11-13-17)24-23-19(18-6-2-4-8-21(18)26-23)14-15-27(24)31(28,29)22-9-5-3-7-20(22)25/h2-13,24,26H,14-15H2,1H3. The smallest absolute Gasteiger partial charge is 0.246 e. The number of aromatic nitrogens is 1. The maximum Gasteiger partial charge on any atom is 0.246 e. The van der Waals surface area contributed by atoms with E-state index in [-0.39, 0.29) is 11.4 Å². The average molecular weight is 453 g/mol. The van der Waals surface area contributed by atoms with Gasteiger partial charge in [-0.1, -0.05) is 42.5 Å². The summed E-state index contributed by atoms with van der Waals surface area (Å²) in [6.45, 7) is 0.278. The van der Waals surface area contributed by atoms with Crippen LogP contribution in [0.1, 0.15) is 22.9 Å². The summed E-state index contributed by atoms with van der Waals surface area (Å²) >= 11 is 1.63. The Labute approximate surface area is 185 Å². The Balaban J connectivity index is 1.71. The Hall–Kier alpha value is -2.61. The molecule has 0 radical (unpaired) electrons. The van der Waals surface area contributed by atoms with Gasteiger partial charge in [0, 0.05) is 28.0 Å². The van der Waals surface area contributed by atoms with Crippen molar-refractivity contribution < 1.29 is 12.8 Å². The van der Waals surface area contributed by atoms with Crippen LogP contribution >= 0.6 is 11.8 Å². The maximum absolute atomic E-state index is 14.5. The summed E-state index contributed by atoms with van der Waals surface area (Å²) in [6, 6.07) is 20.9. The normalized spacial score (nSPS) is 17.0. The van der Waals surface area contributed by atoms with Crippen molar-refractivity contribution in [2.24, 2.45) is 0 Å². The number of hydrogen-bond donors (Lipinski definition) is 1. The number of fused-ring (bicyclic) bond motifs is 3. The summed E-state index contributed by atoms with van der Waals surface area (Å²) in [5.74, 6) is -0.735. The van der Waals surface area contributed by atoms with Crippen LogP contribution in [0.4, 0.5) is 4.39 Å². The lowest BCUT2D eigenvalue weighted by Gasteiger charge is -2.35. The second-order valence-corrected chi connectivity index (χ2v) is 10.3. The summed E-state index contributed by atoms with van der Waals surface area (Å²) in [4.78, 5) is 4.26. The van der Waals surface area contributed by atoms with Crippen molar-refractivity contribution in [3.63, 3.8) is 0 Å². The molecule has 2 heterocycles. The first-order valence-electron chi connectivity index (χ1n) is 10.0. The topological polar surface area (TPSA) is 53.2 Å². The highest BCUT2D eigenvalue weighted by Crippen LogP contribution is 2.41. The van der Waals surface area contributed by atoms with Gasteiger partial charge in [-0.2, -0.15) is 4.31 Å². The molecule has 5 rings (SSSR count). The van der Waals surface area contributed by atoms with Crippen LogP contribution in [0.15, 0.2) is 82.6 Å². The van der Waals surface area contributed by atoms with E-state index in [0.29, 0.717) is 6.42 Å². The van der Waals surface area contributed by atoms with Crippen LogP contribution in [-0.4, -0.2) is 30.5 Å². The monoisotopic (exact) mass is 452 g/mol. The zero-order valence-corrected chi connectivity index (χ0v) is 18.5. The van der Waals surface area contributed by atoms with E-state index in [2.05, 4.69) is 11.1 Å². The Kier molecular flexibility index (Phi) is 5.12. The number of sulfonamides is 1. The van der Waals surface area contributed by atoms with Gasteiger partial charge in [0.05, 0.1) is 6.04 Å². The van der Waals surface area contributed by atoms with E-state index < -0.39 is 21.9 Å². The highest BCUT2D eigenvalue weighted by molar-refractivity contribution is 7.98. The number of rotatable bonds is 4. The van der Waals surface area contributed by atoms with Crippen molar-refractivity contribution in [1.82, 2.24) is 9.29 Å². The third kappa shape index (κ3) is 3.37. The lowest BCUT2D eigenvalue weighted by Crippen LogP contribution is -2.40. The van der Waals surface area contributed by atoms with E-state index in [1.54, 1.807) is 17.8 Å². The molecule has 0 aliphatic carbocycles. The van der Waals surface area contributed by atoms with E-state index in [9.17, 15) is 12.8 Å². The van der Waals surface area contributed by atoms with Gasteiger partial charge in [0.25, 0.3) is 0 Å². The number of H-pyrrole nitrogens is 1.